The summed E-state index contributed by atoms with van der Waals surface area (Å²) >= 11 is 0. The van der Waals surface area contributed by atoms with Crippen LogP contribution in [0.3, 0.4) is 0 Å². The van der Waals surface area contributed by atoms with Crippen LogP contribution in [0.1, 0.15) is 46.0 Å². The highest BCUT2D eigenvalue weighted by molar-refractivity contribution is 5.81. The van der Waals surface area contributed by atoms with Crippen molar-refractivity contribution >= 4 is 5.91 Å². The molecule has 0 radical (unpaired) electrons. The molecular formula is C13H26N2O2. The molecule has 0 aromatic rings. The van der Waals surface area contributed by atoms with E-state index in [1.807, 2.05) is 13.8 Å². The van der Waals surface area contributed by atoms with Gasteiger partial charge < -0.3 is 16.2 Å². The molecule has 1 amide bonds. The van der Waals surface area contributed by atoms with Gasteiger partial charge in [0.2, 0.25) is 5.91 Å². The highest BCUT2D eigenvalue weighted by atomic mass is 16.3. The Hall–Kier alpha value is -0.610. The molecule has 1 aliphatic rings. The summed E-state index contributed by atoms with van der Waals surface area (Å²) in [5.74, 6) is 0.568. The smallest absolute Gasteiger partial charge is 0.237 e. The molecule has 0 spiro atoms. The molecule has 0 aliphatic heterocycles. The van der Waals surface area contributed by atoms with Crippen LogP contribution in [-0.4, -0.2) is 29.7 Å². The van der Waals surface area contributed by atoms with Crippen molar-refractivity contribution in [1.82, 2.24) is 5.32 Å². The lowest BCUT2D eigenvalue weighted by molar-refractivity contribution is -0.123. The Morgan fingerprint density at radius 3 is 2.82 bits per heavy atom. The fourth-order valence-electron chi connectivity index (χ4n) is 2.32. The van der Waals surface area contributed by atoms with Gasteiger partial charge in [0.05, 0.1) is 12.1 Å². The number of rotatable bonds is 5. The van der Waals surface area contributed by atoms with E-state index in [9.17, 15) is 9.90 Å². The average Bonchev–Trinajstić information content (AvgIpc) is 2.34. The zero-order valence-electron chi connectivity index (χ0n) is 11.0. The number of aliphatic hydroxyl groups excluding tert-OH is 1. The monoisotopic (exact) mass is 242 g/mol. The minimum absolute atomic E-state index is 0.0561. The quantitative estimate of drug-likeness (QED) is 0.674. The van der Waals surface area contributed by atoms with Crippen LogP contribution in [0.15, 0.2) is 0 Å². The van der Waals surface area contributed by atoms with E-state index in [1.54, 1.807) is 0 Å². The van der Waals surface area contributed by atoms with Crippen molar-refractivity contribution in [3.05, 3.63) is 0 Å². The van der Waals surface area contributed by atoms with Gasteiger partial charge in [0.15, 0.2) is 0 Å². The lowest BCUT2D eigenvalue weighted by atomic mass is 9.87. The molecular weight excluding hydrogens is 216 g/mol. The van der Waals surface area contributed by atoms with E-state index in [1.165, 1.54) is 0 Å². The number of aliphatic hydroxyl groups is 1. The topological polar surface area (TPSA) is 75.4 Å². The lowest BCUT2D eigenvalue weighted by Gasteiger charge is -2.27. The number of nitrogens with one attached hydrogen (secondary N) is 1. The standard InChI is InChI=1S/C13H26N2O2/c1-3-9(2)12(14)13(17)15-8-10-5-4-6-11(16)7-10/h9-12,16H,3-8,14H2,1-2H3,(H,15,17)/t9-,10?,11?,12-/m0/s1. The number of nitrogens with two attached hydrogens (primary N) is 1. The van der Waals surface area contributed by atoms with Crippen molar-refractivity contribution in [2.24, 2.45) is 17.6 Å². The second-order valence-electron chi connectivity index (χ2n) is 5.34. The largest absolute Gasteiger partial charge is 0.393 e. The summed E-state index contributed by atoms with van der Waals surface area (Å²) in [6.45, 7) is 4.68. The Morgan fingerprint density at radius 2 is 2.24 bits per heavy atom. The van der Waals surface area contributed by atoms with Crippen LogP contribution < -0.4 is 11.1 Å². The van der Waals surface area contributed by atoms with Crippen molar-refractivity contribution in [2.75, 3.05) is 6.54 Å². The molecule has 2 unspecified atom stereocenters. The first-order valence-electron chi connectivity index (χ1n) is 6.76. The molecule has 0 saturated heterocycles. The fraction of sp³-hybridized carbons (Fsp3) is 0.923. The molecule has 4 atom stereocenters. The van der Waals surface area contributed by atoms with Gasteiger partial charge in [-0.05, 0) is 31.1 Å². The van der Waals surface area contributed by atoms with Crippen LogP contribution in [0.25, 0.3) is 0 Å². The van der Waals surface area contributed by atoms with E-state index in [2.05, 4.69) is 5.32 Å². The third-order valence-electron chi connectivity index (χ3n) is 3.88. The third-order valence-corrected chi connectivity index (χ3v) is 3.88. The van der Waals surface area contributed by atoms with Gasteiger partial charge in [0, 0.05) is 6.54 Å². The third kappa shape index (κ3) is 4.64. The SMILES string of the molecule is CC[C@H](C)[C@H](N)C(=O)NCC1CCCC(O)C1. The first-order valence-corrected chi connectivity index (χ1v) is 6.76. The molecule has 0 heterocycles. The fourth-order valence-corrected chi connectivity index (χ4v) is 2.32. The molecule has 0 aromatic heterocycles. The molecule has 1 rings (SSSR count). The van der Waals surface area contributed by atoms with E-state index in [4.69, 9.17) is 5.73 Å². The Balaban J connectivity index is 2.27. The van der Waals surface area contributed by atoms with Gasteiger partial charge in [-0.25, -0.2) is 0 Å². The lowest BCUT2D eigenvalue weighted by Crippen LogP contribution is -2.46. The average molecular weight is 242 g/mol. The highest BCUT2D eigenvalue weighted by Crippen LogP contribution is 2.23. The normalized spacial score (nSPS) is 28.5. The van der Waals surface area contributed by atoms with Crippen molar-refractivity contribution in [3.63, 3.8) is 0 Å². The molecule has 0 bridgehead atoms. The number of carbonyl (C=O) groups is 1. The minimum atomic E-state index is -0.409. The zero-order chi connectivity index (χ0) is 12.8. The van der Waals surface area contributed by atoms with Crippen LogP contribution in [0.5, 0.6) is 0 Å². The molecule has 1 fully saturated rings. The van der Waals surface area contributed by atoms with E-state index >= 15 is 0 Å². The maximum absolute atomic E-state index is 11.8. The van der Waals surface area contributed by atoms with Crippen LogP contribution in [0.2, 0.25) is 0 Å². The molecule has 1 aliphatic carbocycles. The molecule has 1 saturated carbocycles. The van der Waals surface area contributed by atoms with Gasteiger partial charge in [0.25, 0.3) is 0 Å². The maximum Gasteiger partial charge on any atom is 0.237 e. The number of hydrogen-bond acceptors (Lipinski definition) is 3. The second-order valence-corrected chi connectivity index (χ2v) is 5.34. The molecule has 4 N–H and O–H groups in total. The first kappa shape index (κ1) is 14.5. The Morgan fingerprint density at radius 1 is 1.53 bits per heavy atom. The second kappa shape index (κ2) is 6.97. The van der Waals surface area contributed by atoms with E-state index in [0.29, 0.717) is 12.5 Å². The predicted octanol–water partition coefficient (Wildman–Crippen LogP) is 1.03. The van der Waals surface area contributed by atoms with E-state index in [-0.39, 0.29) is 17.9 Å². The first-order chi connectivity index (χ1) is 8.04. The van der Waals surface area contributed by atoms with Gasteiger partial charge in [0.1, 0.15) is 0 Å². The van der Waals surface area contributed by atoms with Gasteiger partial charge >= 0.3 is 0 Å². The Bertz CT molecular complexity index is 246. The molecule has 0 aromatic carbocycles. The van der Waals surface area contributed by atoms with E-state index in [0.717, 1.165) is 32.1 Å². The molecule has 17 heavy (non-hydrogen) atoms. The summed E-state index contributed by atoms with van der Waals surface area (Å²) in [4.78, 5) is 11.8. The van der Waals surface area contributed by atoms with Crippen molar-refractivity contribution in [2.45, 2.75) is 58.1 Å². The van der Waals surface area contributed by atoms with Gasteiger partial charge in [-0.1, -0.05) is 26.7 Å². The van der Waals surface area contributed by atoms with Crippen molar-refractivity contribution < 1.29 is 9.90 Å². The number of amides is 1. The van der Waals surface area contributed by atoms with Crippen LogP contribution in [-0.2, 0) is 4.79 Å². The Kier molecular flexibility index (Phi) is 5.92. The number of hydrogen-bond donors (Lipinski definition) is 3. The molecule has 4 heteroatoms. The van der Waals surface area contributed by atoms with Gasteiger partial charge in [-0.3, -0.25) is 4.79 Å². The number of carbonyl (C=O) groups excluding carboxylic acids is 1. The van der Waals surface area contributed by atoms with Gasteiger partial charge in [-0.2, -0.15) is 0 Å². The predicted molar refractivity (Wildman–Crippen MR) is 68.4 cm³/mol. The summed E-state index contributed by atoms with van der Waals surface area (Å²) in [7, 11) is 0. The van der Waals surface area contributed by atoms with Crippen molar-refractivity contribution in [3.8, 4) is 0 Å². The molecule has 4 nitrogen and oxygen atoms in total. The van der Waals surface area contributed by atoms with Crippen molar-refractivity contribution in [1.29, 1.82) is 0 Å². The summed E-state index contributed by atoms with van der Waals surface area (Å²) in [6.07, 6.45) is 4.58. The summed E-state index contributed by atoms with van der Waals surface area (Å²) in [5, 5.41) is 12.5. The van der Waals surface area contributed by atoms with Crippen LogP contribution in [0.4, 0.5) is 0 Å². The van der Waals surface area contributed by atoms with Gasteiger partial charge in [-0.15, -0.1) is 0 Å². The van der Waals surface area contributed by atoms with Crippen LogP contribution in [0, 0.1) is 11.8 Å². The Labute approximate surface area is 104 Å². The molecule has 100 valence electrons. The van der Waals surface area contributed by atoms with E-state index < -0.39 is 6.04 Å². The summed E-state index contributed by atoms with van der Waals surface area (Å²) in [6, 6.07) is -0.409. The highest BCUT2D eigenvalue weighted by Gasteiger charge is 2.23. The maximum atomic E-state index is 11.8. The summed E-state index contributed by atoms with van der Waals surface area (Å²) in [5.41, 5.74) is 5.85. The summed E-state index contributed by atoms with van der Waals surface area (Å²) < 4.78 is 0. The minimum Gasteiger partial charge on any atom is -0.393 e. The van der Waals surface area contributed by atoms with Crippen LogP contribution >= 0.6 is 0 Å². The zero-order valence-corrected chi connectivity index (χ0v) is 11.0.